The maximum Gasteiger partial charge on any atom is 0.240 e. The highest BCUT2D eigenvalue weighted by molar-refractivity contribution is 7.99. The Morgan fingerprint density at radius 2 is 1.61 bits per heavy atom. The Morgan fingerprint density at radius 1 is 0.909 bits per heavy atom. The molecule has 1 aliphatic rings. The zero-order valence-corrected chi connectivity index (χ0v) is 20.3. The Bertz CT molecular complexity index is 1360. The summed E-state index contributed by atoms with van der Waals surface area (Å²) in [4.78, 5) is 5.15. The van der Waals surface area contributed by atoms with Gasteiger partial charge >= 0.3 is 0 Å². The van der Waals surface area contributed by atoms with Gasteiger partial charge in [0, 0.05) is 22.0 Å². The molecule has 5 nitrogen and oxygen atoms in total. The largest absolute Gasteiger partial charge is 0.287 e. The van der Waals surface area contributed by atoms with Gasteiger partial charge in [0.25, 0.3) is 0 Å². The highest BCUT2D eigenvalue weighted by atomic mass is 35.5. The van der Waals surface area contributed by atoms with Crippen LogP contribution in [0.2, 0.25) is 5.02 Å². The second-order valence-corrected chi connectivity index (χ2v) is 11.5. The number of benzene rings is 3. The van der Waals surface area contributed by atoms with Crippen molar-refractivity contribution in [1.82, 2.24) is 14.3 Å². The van der Waals surface area contributed by atoms with Gasteiger partial charge < -0.3 is 0 Å². The third-order valence-corrected chi connectivity index (χ3v) is 9.04. The lowest BCUT2D eigenvalue weighted by molar-refractivity contribution is 0.422. The van der Waals surface area contributed by atoms with Gasteiger partial charge in [0.15, 0.2) is 5.16 Å². The van der Waals surface area contributed by atoms with E-state index in [-0.39, 0.29) is 16.2 Å². The van der Waals surface area contributed by atoms with E-state index in [1.165, 1.54) is 0 Å². The minimum atomic E-state index is -3.64. The van der Waals surface area contributed by atoms with Crippen molar-refractivity contribution in [1.29, 1.82) is 0 Å². The van der Waals surface area contributed by atoms with Gasteiger partial charge in [0.05, 0.1) is 15.9 Å². The average molecular weight is 498 g/mol. The van der Waals surface area contributed by atoms with Crippen LogP contribution in [0.3, 0.4) is 0 Å². The number of nitrogens with one attached hydrogen (secondary N) is 1. The fourth-order valence-corrected chi connectivity index (χ4v) is 7.21. The van der Waals surface area contributed by atoms with E-state index >= 15 is 0 Å². The molecule has 1 saturated carbocycles. The van der Waals surface area contributed by atoms with Gasteiger partial charge in [0.2, 0.25) is 10.0 Å². The number of imidazole rings is 1. The molecule has 8 heteroatoms. The SMILES string of the molecule is O=S(=O)(N[C@@H]1CCCC[C@H]1Sc1nc2ccccc2n1-c1ccccc1)c1ccc(Cl)cc1. The molecular weight excluding hydrogens is 474 g/mol. The van der Waals surface area contributed by atoms with Gasteiger partial charge in [-0.15, -0.1) is 0 Å². The van der Waals surface area contributed by atoms with E-state index < -0.39 is 10.0 Å². The molecule has 1 fully saturated rings. The van der Waals surface area contributed by atoms with Crippen LogP contribution in [0.25, 0.3) is 16.7 Å². The smallest absolute Gasteiger partial charge is 0.240 e. The first-order chi connectivity index (χ1) is 16.0. The summed E-state index contributed by atoms with van der Waals surface area (Å²) in [6.45, 7) is 0. The van der Waals surface area contributed by atoms with Crippen molar-refractivity contribution in [3.05, 3.63) is 83.9 Å². The number of fused-ring (bicyclic) bond motifs is 1. The number of aromatic nitrogens is 2. The Labute approximate surface area is 203 Å². The molecule has 0 saturated heterocycles. The molecule has 1 N–H and O–H groups in total. The number of thioether (sulfide) groups is 1. The summed E-state index contributed by atoms with van der Waals surface area (Å²) < 4.78 is 31.2. The Morgan fingerprint density at radius 3 is 2.39 bits per heavy atom. The maximum atomic E-state index is 13.1. The van der Waals surface area contributed by atoms with Crippen LogP contribution >= 0.6 is 23.4 Å². The van der Waals surface area contributed by atoms with E-state index in [4.69, 9.17) is 16.6 Å². The summed E-state index contributed by atoms with van der Waals surface area (Å²) in [6.07, 6.45) is 3.80. The van der Waals surface area contributed by atoms with Gasteiger partial charge in [0.1, 0.15) is 0 Å². The van der Waals surface area contributed by atoms with Crippen molar-refractivity contribution in [2.24, 2.45) is 0 Å². The van der Waals surface area contributed by atoms with Crippen LogP contribution in [-0.4, -0.2) is 29.3 Å². The van der Waals surface area contributed by atoms with E-state index in [2.05, 4.69) is 27.5 Å². The molecule has 0 spiro atoms. The molecule has 0 radical (unpaired) electrons. The van der Waals surface area contributed by atoms with E-state index in [0.29, 0.717) is 5.02 Å². The number of hydrogen-bond acceptors (Lipinski definition) is 4. The summed E-state index contributed by atoms with van der Waals surface area (Å²) in [5, 5.41) is 1.48. The lowest BCUT2D eigenvalue weighted by atomic mass is 9.96. The number of hydrogen-bond donors (Lipinski definition) is 1. The summed E-state index contributed by atoms with van der Waals surface area (Å²) in [7, 11) is -3.64. The Hall–Kier alpha value is -2.32. The molecule has 4 aromatic rings. The van der Waals surface area contributed by atoms with Gasteiger partial charge in [-0.05, 0) is 61.4 Å². The van der Waals surface area contributed by atoms with Crippen molar-refractivity contribution in [3.63, 3.8) is 0 Å². The van der Waals surface area contributed by atoms with Crippen LogP contribution in [0.1, 0.15) is 25.7 Å². The number of rotatable bonds is 6. The van der Waals surface area contributed by atoms with E-state index in [9.17, 15) is 8.42 Å². The highest BCUT2D eigenvalue weighted by Gasteiger charge is 2.32. The third-order valence-electron chi connectivity index (χ3n) is 5.93. The molecule has 3 aromatic carbocycles. The summed E-state index contributed by atoms with van der Waals surface area (Å²) >= 11 is 7.60. The third kappa shape index (κ3) is 4.82. The van der Waals surface area contributed by atoms with Crippen molar-refractivity contribution >= 4 is 44.4 Å². The Balaban J connectivity index is 1.46. The van der Waals surface area contributed by atoms with Gasteiger partial charge in [-0.3, -0.25) is 4.57 Å². The van der Waals surface area contributed by atoms with E-state index in [1.807, 2.05) is 36.4 Å². The molecule has 0 bridgehead atoms. The molecule has 1 aliphatic carbocycles. The van der Waals surface area contributed by atoms with Gasteiger partial charge in [-0.2, -0.15) is 0 Å². The zero-order valence-electron chi connectivity index (χ0n) is 17.9. The summed E-state index contributed by atoms with van der Waals surface area (Å²) in [5.41, 5.74) is 3.01. The molecule has 170 valence electrons. The second-order valence-electron chi connectivity index (χ2n) is 8.18. The van der Waals surface area contributed by atoms with E-state index in [0.717, 1.165) is 47.6 Å². The number of nitrogens with zero attached hydrogens (tertiary/aromatic N) is 2. The van der Waals surface area contributed by atoms with Gasteiger partial charge in [-0.1, -0.05) is 66.5 Å². The molecule has 0 unspecified atom stereocenters. The minimum absolute atomic E-state index is 0.0834. The second kappa shape index (κ2) is 9.50. The van der Waals surface area contributed by atoms with Crippen LogP contribution in [0, 0.1) is 0 Å². The predicted octanol–water partition coefficient (Wildman–Crippen LogP) is 6.06. The molecule has 2 atom stereocenters. The average Bonchev–Trinajstić information content (AvgIpc) is 3.19. The highest BCUT2D eigenvalue weighted by Crippen LogP contribution is 2.37. The van der Waals surface area contributed by atoms with Crippen molar-refractivity contribution in [3.8, 4) is 5.69 Å². The fourth-order valence-electron chi connectivity index (χ4n) is 4.30. The lowest BCUT2D eigenvalue weighted by Gasteiger charge is -2.31. The quantitative estimate of drug-likeness (QED) is 0.351. The predicted molar refractivity (Wildman–Crippen MR) is 135 cm³/mol. The zero-order chi connectivity index (χ0) is 22.8. The number of sulfonamides is 1. The molecular formula is C25H24ClN3O2S2. The van der Waals surface area contributed by atoms with E-state index in [1.54, 1.807) is 36.0 Å². The fraction of sp³-hybridized carbons (Fsp3) is 0.240. The van der Waals surface area contributed by atoms with Crippen molar-refractivity contribution < 1.29 is 8.42 Å². The molecule has 1 aromatic heterocycles. The lowest BCUT2D eigenvalue weighted by Crippen LogP contribution is -2.43. The minimum Gasteiger partial charge on any atom is -0.287 e. The molecule has 0 aliphatic heterocycles. The Kier molecular flexibility index (Phi) is 6.47. The van der Waals surface area contributed by atoms with Crippen LogP contribution in [0.15, 0.2) is 88.9 Å². The standard InChI is InChI=1S/C25H24ClN3O2S2/c26-18-14-16-20(17-15-18)33(30,31)28-22-11-5-7-13-24(22)32-25-27-21-10-4-6-12-23(21)29(25)19-8-2-1-3-9-19/h1-4,6,8-10,12,14-17,22,24,28H,5,7,11,13H2/t22-,24-/m1/s1. The molecule has 5 rings (SSSR count). The van der Waals surface area contributed by atoms with Crippen LogP contribution in [-0.2, 0) is 10.0 Å². The first-order valence-corrected chi connectivity index (χ1v) is 13.7. The van der Waals surface area contributed by atoms with Crippen LogP contribution in [0.4, 0.5) is 0 Å². The number of para-hydroxylation sites is 3. The maximum absolute atomic E-state index is 13.1. The molecule has 1 heterocycles. The van der Waals surface area contributed by atoms with Crippen molar-refractivity contribution in [2.45, 2.75) is 47.0 Å². The molecule has 33 heavy (non-hydrogen) atoms. The van der Waals surface area contributed by atoms with Crippen LogP contribution < -0.4 is 4.72 Å². The van der Waals surface area contributed by atoms with Gasteiger partial charge in [-0.25, -0.2) is 18.1 Å². The monoisotopic (exact) mass is 497 g/mol. The number of halogens is 1. The first-order valence-electron chi connectivity index (χ1n) is 11.0. The topological polar surface area (TPSA) is 64.0 Å². The summed E-state index contributed by atoms with van der Waals surface area (Å²) in [6, 6.07) is 24.4. The molecule has 0 amide bonds. The first kappa shape index (κ1) is 22.5. The van der Waals surface area contributed by atoms with Crippen LogP contribution in [0.5, 0.6) is 0 Å². The normalized spacial score (nSPS) is 19.1. The van der Waals surface area contributed by atoms with Crippen molar-refractivity contribution in [2.75, 3.05) is 0 Å². The summed E-state index contributed by atoms with van der Waals surface area (Å²) in [5.74, 6) is 0.